The van der Waals surface area contributed by atoms with Gasteiger partial charge in [0.1, 0.15) is 5.41 Å². The molecule has 0 unspecified atom stereocenters. The van der Waals surface area contributed by atoms with Crippen LogP contribution in [0, 0.1) is 0 Å². The summed E-state index contributed by atoms with van der Waals surface area (Å²) in [6, 6.07) is 0. The molecular weight excluding hydrogens is 288 g/mol. The van der Waals surface area contributed by atoms with E-state index < -0.39 is 5.41 Å². The van der Waals surface area contributed by atoms with Crippen molar-refractivity contribution in [1.29, 1.82) is 0 Å². The highest BCUT2D eigenvalue weighted by Crippen LogP contribution is 2.44. The minimum atomic E-state index is -0.667. The molecule has 0 N–H and O–H groups in total. The molecule has 0 bridgehead atoms. The Balaban J connectivity index is 1.64. The van der Waals surface area contributed by atoms with Crippen LogP contribution in [0.1, 0.15) is 63.6 Å². The monoisotopic (exact) mass is 310 g/mol. The molecule has 21 heavy (non-hydrogen) atoms. The molecule has 1 aromatic heterocycles. The van der Waals surface area contributed by atoms with Crippen LogP contribution in [0.4, 0.5) is 0 Å². The number of rotatable bonds is 6. The highest BCUT2D eigenvalue weighted by atomic mass is 32.2. The molecule has 6 heteroatoms. The van der Waals surface area contributed by atoms with Crippen molar-refractivity contribution in [3.63, 3.8) is 0 Å². The summed E-state index contributed by atoms with van der Waals surface area (Å²) in [6.45, 7) is 2.21. The second-order valence-electron chi connectivity index (χ2n) is 5.89. The predicted octanol–water partition coefficient (Wildman–Crippen LogP) is 3.23. The SMILES string of the molecule is CCOC(=O)C1(c2nc(CSC3CCCC3)no2)CCC1. The maximum absolute atomic E-state index is 12.2. The van der Waals surface area contributed by atoms with E-state index in [9.17, 15) is 4.79 Å². The van der Waals surface area contributed by atoms with Gasteiger partial charge in [0.25, 0.3) is 0 Å². The third kappa shape index (κ3) is 2.96. The third-order valence-corrected chi connectivity index (χ3v) is 5.87. The summed E-state index contributed by atoms with van der Waals surface area (Å²) in [5.74, 6) is 1.72. The molecule has 2 aliphatic rings. The summed E-state index contributed by atoms with van der Waals surface area (Å²) in [7, 11) is 0. The molecule has 0 aliphatic heterocycles. The van der Waals surface area contributed by atoms with Gasteiger partial charge < -0.3 is 9.26 Å². The molecule has 2 saturated carbocycles. The summed E-state index contributed by atoms with van der Waals surface area (Å²) >= 11 is 1.90. The van der Waals surface area contributed by atoms with E-state index in [0.29, 0.717) is 18.3 Å². The Kier molecular flexibility index (Phi) is 4.52. The van der Waals surface area contributed by atoms with Crippen molar-refractivity contribution in [2.45, 2.75) is 68.3 Å². The van der Waals surface area contributed by atoms with Crippen molar-refractivity contribution in [1.82, 2.24) is 10.1 Å². The van der Waals surface area contributed by atoms with E-state index in [1.807, 2.05) is 18.7 Å². The second kappa shape index (κ2) is 6.38. The number of thioether (sulfide) groups is 1. The topological polar surface area (TPSA) is 65.2 Å². The number of esters is 1. The van der Waals surface area contributed by atoms with Gasteiger partial charge in [0.15, 0.2) is 5.82 Å². The molecule has 0 saturated heterocycles. The summed E-state index contributed by atoms with van der Waals surface area (Å²) in [5.41, 5.74) is -0.667. The minimum absolute atomic E-state index is 0.213. The number of hydrogen-bond donors (Lipinski definition) is 0. The van der Waals surface area contributed by atoms with Gasteiger partial charge in [0.05, 0.1) is 12.4 Å². The van der Waals surface area contributed by atoms with Crippen LogP contribution in [-0.4, -0.2) is 28.0 Å². The molecule has 0 amide bonds. The van der Waals surface area contributed by atoms with Crippen LogP contribution in [0.25, 0.3) is 0 Å². The van der Waals surface area contributed by atoms with Crippen LogP contribution >= 0.6 is 11.8 Å². The van der Waals surface area contributed by atoms with Crippen molar-refractivity contribution in [3.05, 3.63) is 11.7 Å². The molecule has 1 aromatic rings. The lowest BCUT2D eigenvalue weighted by atomic mass is 9.68. The smallest absolute Gasteiger partial charge is 0.321 e. The lowest BCUT2D eigenvalue weighted by Gasteiger charge is -2.35. The van der Waals surface area contributed by atoms with E-state index in [1.54, 1.807) is 0 Å². The maximum atomic E-state index is 12.2. The van der Waals surface area contributed by atoms with Crippen molar-refractivity contribution >= 4 is 17.7 Å². The summed E-state index contributed by atoms with van der Waals surface area (Å²) < 4.78 is 10.6. The van der Waals surface area contributed by atoms with E-state index in [2.05, 4.69) is 10.1 Å². The van der Waals surface area contributed by atoms with Crippen molar-refractivity contribution < 1.29 is 14.1 Å². The van der Waals surface area contributed by atoms with Gasteiger partial charge in [0, 0.05) is 5.25 Å². The van der Waals surface area contributed by atoms with Gasteiger partial charge >= 0.3 is 5.97 Å². The first-order valence-corrected chi connectivity index (χ1v) is 8.91. The first-order valence-electron chi connectivity index (χ1n) is 7.86. The fourth-order valence-corrected chi connectivity index (χ4v) is 4.23. The molecule has 0 atom stereocenters. The lowest BCUT2D eigenvalue weighted by Crippen LogP contribution is -2.44. The van der Waals surface area contributed by atoms with Crippen LogP contribution in [0.3, 0.4) is 0 Å². The van der Waals surface area contributed by atoms with Gasteiger partial charge in [-0.15, -0.1) is 0 Å². The molecule has 3 rings (SSSR count). The number of nitrogens with zero attached hydrogens (tertiary/aromatic N) is 2. The minimum Gasteiger partial charge on any atom is -0.465 e. The standard InChI is InChI=1S/C15H22N2O3S/c1-2-19-14(18)15(8-5-9-15)13-16-12(17-20-13)10-21-11-6-3-4-7-11/h11H,2-10H2,1H3. The summed E-state index contributed by atoms with van der Waals surface area (Å²) in [4.78, 5) is 16.6. The van der Waals surface area contributed by atoms with Crippen LogP contribution in [-0.2, 0) is 20.7 Å². The fraction of sp³-hybridized carbons (Fsp3) is 0.800. The number of ether oxygens (including phenoxy) is 1. The van der Waals surface area contributed by atoms with Gasteiger partial charge in [-0.3, -0.25) is 4.79 Å². The molecule has 2 fully saturated rings. The van der Waals surface area contributed by atoms with Crippen LogP contribution in [0.15, 0.2) is 4.52 Å². The van der Waals surface area contributed by atoms with E-state index in [4.69, 9.17) is 9.26 Å². The highest BCUT2D eigenvalue weighted by Gasteiger charge is 2.51. The molecular formula is C15H22N2O3S. The first-order chi connectivity index (χ1) is 10.2. The van der Waals surface area contributed by atoms with Gasteiger partial charge in [0.2, 0.25) is 5.89 Å². The molecule has 1 heterocycles. The Hall–Kier alpha value is -1.04. The Bertz CT molecular complexity index is 493. The van der Waals surface area contributed by atoms with E-state index in [1.165, 1.54) is 25.7 Å². The van der Waals surface area contributed by atoms with E-state index in [-0.39, 0.29) is 5.97 Å². The largest absolute Gasteiger partial charge is 0.465 e. The average molecular weight is 310 g/mol. The van der Waals surface area contributed by atoms with Crippen LogP contribution in [0.2, 0.25) is 0 Å². The number of aromatic nitrogens is 2. The Morgan fingerprint density at radius 3 is 2.76 bits per heavy atom. The maximum Gasteiger partial charge on any atom is 0.321 e. The molecule has 5 nitrogen and oxygen atoms in total. The average Bonchev–Trinajstić information content (AvgIpc) is 3.06. The molecule has 116 valence electrons. The Labute approximate surface area is 129 Å². The van der Waals surface area contributed by atoms with Gasteiger partial charge in [-0.2, -0.15) is 16.7 Å². The molecule has 0 aromatic carbocycles. The van der Waals surface area contributed by atoms with Crippen molar-refractivity contribution in [2.75, 3.05) is 6.61 Å². The fourth-order valence-electron chi connectivity index (χ4n) is 3.06. The van der Waals surface area contributed by atoms with Crippen molar-refractivity contribution in [3.8, 4) is 0 Å². The normalized spacial score (nSPS) is 21.2. The number of hydrogen-bond acceptors (Lipinski definition) is 6. The van der Waals surface area contributed by atoms with Gasteiger partial charge in [-0.05, 0) is 32.6 Å². The van der Waals surface area contributed by atoms with Gasteiger partial charge in [-0.25, -0.2) is 0 Å². The molecule has 0 radical (unpaired) electrons. The number of carbonyl (C=O) groups is 1. The Morgan fingerprint density at radius 1 is 1.38 bits per heavy atom. The molecule has 0 spiro atoms. The zero-order valence-corrected chi connectivity index (χ0v) is 13.3. The Morgan fingerprint density at radius 2 is 2.14 bits per heavy atom. The van der Waals surface area contributed by atoms with E-state index in [0.717, 1.165) is 30.3 Å². The molecule has 2 aliphatic carbocycles. The quantitative estimate of drug-likeness (QED) is 0.752. The third-order valence-electron chi connectivity index (χ3n) is 4.50. The van der Waals surface area contributed by atoms with E-state index >= 15 is 0 Å². The zero-order chi connectivity index (χ0) is 14.7. The zero-order valence-electron chi connectivity index (χ0n) is 12.5. The number of carbonyl (C=O) groups excluding carboxylic acids is 1. The lowest BCUT2D eigenvalue weighted by molar-refractivity contribution is -0.155. The van der Waals surface area contributed by atoms with Crippen LogP contribution in [0.5, 0.6) is 0 Å². The predicted molar refractivity (Wildman–Crippen MR) is 80.0 cm³/mol. The van der Waals surface area contributed by atoms with Crippen molar-refractivity contribution in [2.24, 2.45) is 0 Å². The highest BCUT2D eigenvalue weighted by molar-refractivity contribution is 7.99. The van der Waals surface area contributed by atoms with Crippen LogP contribution < -0.4 is 0 Å². The first kappa shape index (κ1) is 14.9. The second-order valence-corrected chi connectivity index (χ2v) is 7.18. The van der Waals surface area contributed by atoms with Gasteiger partial charge in [-0.1, -0.05) is 24.4 Å². The summed E-state index contributed by atoms with van der Waals surface area (Å²) in [6.07, 6.45) is 7.77. The summed E-state index contributed by atoms with van der Waals surface area (Å²) in [5, 5.41) is 4.78.